The van der Waals surface area contributed by atoms with Gasteiger partial charge in [-0.2, -0.15) is 0 Å². The number of carbonyl (C=O) groups excluding carboxylic acids is 2. The van der Waals surface area contributed by atoms with Crippen molar-refractivity contribution in [2.24, 2.45) is 0 Å². The number of nitrogens with zero attached hydrogens (tertiary/aromatic N) is 2. The molecule has 1 aromatic heterocycles. The number of carbonyl (C=O) groups is 3. The minimum atomic E-state index is -1.13. The Balaban J connectivity index is 1.80. The van der Waals surface area contributed by atoms with E-state index in [0.29, 0.717) is 0 Å². The SMILES string of the molecule is Cc1cccc(C)c1-n1c(C)cc(C=C2C(=O)NC(=S)N(c3cccc(C(=O)O)c3)C2=O)c1C. The summed E-state index contributed by atoms with van der Waals surface area (Å²) in [5.41, 5.74) is 6.05. The number of carboxylic acids is 1. The van der Waals surface area contributed by atoms with Gasteiger partial charge >= 0.3 is 5.97 Å². The molecule has 0 aliphatic carbocycles. The fraction of sp³-hybridized carbons (Fsp3) is 0.154. The summed E-state index contributed by atoms with van der Waals surface area (Å²) in [7, 11) is 0. The molecule has 2 N–H and O–H groups in total. The largest absolute Gasteiger partial charge is 0.478 e. The first kappa shape index (κ1) is 23.1. The molecule has 0 atom stereocenters. The first-order chi connectivity index (χ1) is 16.1. The van der Waals surface area contributed by atoms with Gasteiger partial charge in [0.2, 0.25) is 0 Å². The van der Waals surface area contributed by atoms with Crippen LogP contribution in [0.15, 0.2) is 54.1 Å². The quantitative estimate of drug-likeness (QED) is 0.336. The van der Waals surface area contributed by atoms with Gasteiger partial charge < -0.3 is 9.67 Å². The molecule has 0 bridgehead atoms. The Bertz CT molecular complexity index is 1400. The summed E-state index contributed by atoms with van der Waals surface area (Å²) in [6.07, 6.45) is 1.56. The van der Waals surface area contributed by atoms with Crippen molar-refractivity contribution in [3.8, 4) is 5.69 Å². The molecule has 0 radical (unpaired) electrons. The Morgan fingerprint density at radius 1 is 1.00 bits per heavy atom. The summed E-state index contributed by atoms with van der Waals surface area (Å²) in [4.78, 5) is 38.6. The van der Waals surface area contributed by atoms with E-state index in [9.17, 15) is 19.5 Å². The van der Waals surface area contributed by atoms with E-state index in [4.69, 9.17) is 12.2 Å². The molecule has 1 fully saturated rings. The van der Waals surface area contributed by atoms with Gasteiger partial charge in [0.1, 0.15) is 5.57 Å². The van der Waals surface area contributed by atoms with Gasteiger partial charge in [-0.15, -0.1) is 0 Å². The molecule has 34 heavy (non-hydrogen) atoms. The van der Waals surface area contributed by atoms with Crippen molar-refractivity contribution in [1.29, 1.82) is 0 Å². The van der Waals surface area contributed by atoms with E-state index in [-0.39, 0.29) is 21.9 Å². The predicted molar refractivity (Wildman–Crippen MR) is 134 cm³/mol. The van der Waals surface area contributed by atoms with Gasteiger partial charge in [-0.25, -0.2) is 4.79 Å². The third kappa shape index (κ3) is 3.92. The van der Waals surface area contributed by atoms with E-state index in [0.717, 1.165) is 38.7 Å². The van der Waals surface area contributed by atoms with Crippen LogP contribution in [0.25, 0.3) is 11.8 Å². The fourth-order valence-corrected chi connectivity index (χ4v) is 4.54. The number of aryl methyl sites for hydroxylation is 3. The number of amides is 2. The van der Waals surface area contributed by atoms with Crippen LogP contribution in [0.5, 0.6) is 0 Å². The van der Waals surface area contributed by atoms with E-state index < -0.39 is 17.8 Å². The summed E-state index contributed by atoms with van der Waals surface area (Å²) in [5, 5.41) is 11.7. The number of aromatic nitrogens is 1. The summed E-state index contributed by atoms with van der Waals surface area (Å²) in [6.45, 7) is 8.00. The lowest BCUT2D eigenvalue weighted by atomic mass is 10.1. The van der Waals surface area contributed by atoms with Crippen molar-refractivity contribution >= 4 is 46.9 Å². The molecule has 2 aromatic carbocycles. The van der Waals surface area contributed by atoms with E-state index in [1.165, 1.54) is 18.2 Å². The van der Waals surface area contributed by atoms with E-state index >= 15 is 0 Å². The van der Waals surface area contributed by atoms with Crippen LogP contribution in [0.4, 0.5) is 5.69 Å². The topological polar surface area (TPSA) is 91.6 Å². The molecule has 2 amide bonds. The van der Waals surface area contributed by atoms with Crippen LogP contribution in [-0.4, -0.2) is 32.6 Å². The molecule has 1 saturated heterocycles. The summed E-state index contributed by atoms with van der Waals surface area (Å²) in [6, 6.07) is 13.9. The Morgan fingerprint density at radius 2 is 1.65 bits per heavy atom. The third-order valence-electron chi connectivity index (χ3n) is 5.89. The van der Waals surface area contributed by atoms with Crippen molar-refractivity contribution < 1.29 is 19.5 Å². The number of hydrogen-bond acceptors (Lipinski definition) is 4. The van der Waals surface area contributed by atoms with Gasteiger partial charge in [-0.05, 0) is 86.9 Å². The van der Waals surface area contributed by atoms with Crippen LogP contribution >= 0.6 is 12.2 Å². The van der Waals surface area contributed by atoms with Crippen molar-refractivity contribution in [1.82, 2.24) is 9.88 Å². The molecule has 0 saturated carbocycles. The van der Waals surface area contributed by atoms with Gasteiger partial charge in [-0.3, -0.25) is 19.8 Å². The summed E-state index contributed by atoms with van der Waals surface area (Å²) in [5.74, 6) is -2.35. The lowest BCUT2D eigenvalue weighted by molar-refractivity contribution is -0.122. The van der Waals surface area contributed by atoms with Crippen molar-refractivity contribution in [2.75, 3.05) is 4.90 Å². The van der Waals surface area contributed by atoms with Crippen molar-refractivity contribution in [3.63, 3.8) is 0 Å². The van der Waals surface area contributed by atoms with E-state index in [2.05, 4.69) is 9.88 Å². The molecule has 0 unspecified atom stereocenters. The lowest BCUT2D eigenvalue weighted by Gasteiger charge is -2.29. The Labute approximate surface area is 202 Å². The highest BCUT2D eigenvalue weighted by molar-refractivity contribution is 7.80. The number of thiocarbonyl (C=S) groups is 1. The van der Waals surface area contributed by atoms with Crippen LogP contribution in [-0.2, 0) is 9.59 Å². The number of benzene rings is 2. The maximum Gasteiger partial charge on any atom is 0.335 e. The Morgan fingerprint density at radius 3 is 2.29 bits per heavy atom. The van der Waals surface area contributed by atoms with Gasteiger partial charge in [-0.1, -0.05) is 24.3 Å². The first-order valence-electron chi connectivity index (χ1n) is 10.6. The molecule has 3 aromatic rings. The monoisotopic (exact) mass is 473 g/mol. The molecule has 1 aliphatic heterocycles. The maximum absolute atomic E-state index is 13.4. The summed E-state index contributed by atoms with van der Waals surface area (Å²) >= 11 is 5.23. The van der Waals surface area contributed by atoms with Gasteiger partial charge in [0.25, 0.3) is 11.8 Å². The standard InChI is InChI=1S/C26H23N3O4S/c1-14-7-5-8-15(2)22(14)28-16(3)11-19(17(28)4)13-21-23(30)27-26(34)29(24(21)31)20-10-6-9-18(12-20)25(32)33/h5-13H,1-4H3,(H,32,33)(H,27,30,34). The van der Waals surface area contributed by atoms with Crippen LogP contribution in [0.3, 0.4) is 0 Å². The lowest BCUT2D eigenvalue weighted by Crippen LogP contribution is -2.54. The van der Waals surface area contributed by atoms with E-state index in [1.807, 2.05) is 52.0 Å². The molecule has 1 aliphatic rings. The minimum Gasteiger partial charge on any atom is -0.478 e. The second-order valence-electron chi connectivity index (χ2n) is 8.22. The fourth-order valence-electron chi connectivity index (χ4n) is 4.26. The second kappa shape index (κ2) is 8.72. The normalized spacial score (nSPS) is 15.1. The Kier molecular flexibility index (Phi) is 5.93. The van der Waals surface area contributed by atoms with E-state index in [1.54, 1.807) is 12.1 Å². The van der Waals surface area contributed by atoms with Crippen LogP contribution in [0.2, 0.25) is 0 Å². The first-order valence-corrected chi connectivity index (χ1v) is 11.0. The third-order valence-corrected chi connectivity index (χ3v) is 6.17. The summed E-state index contributed by atoms with van der Waals surface area (Å²) < 4.78 is 2.11. The molecule has 7 nitrogen and oxygen atoms in total. The zero-order valence-electron chi connectivity index (χ0n) is 19.2. The minimum absolute atomic E-state index is 0.00711. The molecular formula is C26H23N3O4S. The average molecular weight is 474 g/mol. The Hall–Kier alpha value is -4.04. The highest BCUT2D eigenvalue weighted by Gasteiger charge is 2.35. The molecule has 172 valence electrons. The number of para-hydroxylation sites is 1. The number of anilines is 1. The molecule has 2 heterocycles. The molecular weight excluding hydrogens is 450 g/mol. The zero-order chi connectivity index (χ0) is 24.7. The smallest absolute Gasteiger partial charge is 0.335 e. The van der Waals surface area contributed by atoms with Gasteiger partial charge in [0.05, 0.1) is 16.9 Å². The van der Waals surface area contributed by atoms with Crippen molar-refractivity contribution in [2.45, 2.75) is 27.7 Å². The second-order valence-corrected chi connectivity index (χ2v) is 8.60. The van der Waals surface area contributed by atoms with Crippen LogP contribution in [0.1, 0.15) is 38.4 Å². The molecule has 0 spiro atoms. The number of rotatable bonds is 4. The van der Waals surface area contributed by atoms with Gasteiger partial charge in [0.15, 0.2) is 5.11 Å². The zero-order valence-corrected chi connectivity index (χ0v) is 20.0. The van der Waals surface area contributed by atoms with Crippen molar-refractivity contribution in [3.05, 3.63) is 87.7 Å². The highest BCUT2D eigenvalue weighted by Crippen LogP contribution is 2.29. The predicted octanol–water partition coefficient (Wildman–Crippen LogP) is 4.24. The van der Waals surface area contributed by atoms with Crippen LogP contribution in [0, 0.1) is 27.7 Å². The maximum atomic E-state index is 13.4. The van der Waals surface area contributed by atoms with Crippen LogP contribution < -0.4 is 10.2 Å². The highest BCUT2D eigenvalue weighted by atomic mass is 32.1. The molecule has 4 rings (SSSR count). The van der Waals surface area contributed by atoms with Gasteiger partial charge in [0, 0.05) is 11.4 Å². The average Bonchev–Trinajstić information content (AvgIpc) is 3.04. The number of nitrogens with one attached hydrogen (secondary N) is 1. The number of aromatic carboxylic acids is 1. The number of carboxylic acid groups (broad SMARTS) is 1. The number of hydrogen-bond donors (Lipinski definition) is 2. The molecule has 8 heteroatoms.